The summed E-state index contributed by atoms with van der Waals surface area (Å²) in [5.74, 6) is -0.402. The van der Waals surface area contributed by atoms with Crippen molar-refractivity contribution in [3.63, 3.8) is 0 Å². The average molecular weight is 371 g/mol. The highest BCUT2D eigenvalue weighted by molar-refractivity contribution is 5.96. The van der Waals surface area contributed by atoms with Crippen molar-refractivity contribution in [2.45, 2.75) is 12.5 Å². The Hall–Kier alpha value is -3.60. The van der Waals surface area contributed by atoms with Gasteiger partial charge in [0.15, 0.2) is 0 Å². The molecule has 0 spiro atoms. The summed E-state index contributed by atoms with van der Waals surface area (Å²) in [5, 5.41) is 2.89. The van der Waals surface area contributed by atoms with E-state index in [0.29, 0.717) is 24.3 Å². The molecule has 1 unspecified atom stereocenters. The van der Waals surface area contributed by atoms with E-state index in [1.807, 2.05) is 30.3 Å². The topological polar surface area (TPSA) is 75.4 Å². The van der Waals surface area contributed by atoms with Crippen LogP contribution in [0.3, 0.4) is 0 Å². The Bertz CT molecular complexity index is 1020. The Morgan fingerprint density at radius 2 is 1.68 bits per heavy atom. The van der Waals surface area contributed by atoms with E-state index in [4.69, 9.17) is 5.73 Å². The maximum atomic E-state index is 12.9. The van der Waals surface area contributed by atoms with Crippen LogP contribution in [0.25, 0.3) is 0 Å². The molecule has 0 saturated heterocycles. The highest BCUT2D eigenvalue weighted by Gasteiger charge is 2.29. The lowest BCUT2D eigenvalue weighted by Crippen LogP contribution is -2.41. The molecule has 1 aliphatic rings. The molecule has 5 heteroatoms. The molecule has 0 radical (unpaired) electrons. The van der Waals surface area contributed by atoms with Crippen molar-refractivity contribution in [2.75, 3.05) is 11.9 Å². The van der Waals surface area contributed by atoms with E-state index >= 15 is 0 Å². The first-order valence-corrected chi connectivity index (χ1v) is 9.20. The number of primary amides is 1. The minimum atomic E-state index is -0.521. The Labute approximate surface area is 163 Å². The van der Waals surface area contributed by atoms with E-state index < -0.39 is 5.91 Å². The van der Waals surface area contributed by atoms with Crippen molar-refractivity contribution in [1.82, 2.24) is 4.90 Å². The molecule has 1 atom stereocenters. The zero-order valence-electron chi connectivity index (χ0n) is 15.3. The van der Waals surface area contributed by atoms with Gasteiger partial charge < -0.3 is 16.0 Å². The van der Waals surface area contributed by atoms with Crippen molar-refractivity contribution in [1.29, 1.82) is 0 Å². The first-order chi connectivity index (χ1) is 13.6. The van der Waals surface area contributed by atoms with Crippen LogP contribution in [0, 0.1) is 0 Å². The highest BCUT2D eigenvalue weighted by atomic mass is 16.2. The van der Waals surface area contributed by atoms with Gasteiger partial charge in [-0.05, 0) is 34.9 Å². The lowest BCUT2D eigenvalue weighted by Gasteiger charge is -2.35. The number of carbonyl (C=O) groups is 2. The molecule has 140 valence electrons. The number of nitrogens with one attached hydrogen (secondary N) is 1. The van der Waals surface area contributed by atoms with E-state index in [1.54, 1.807) is 29.2 Å². The van der Waals surface area contributed by atoms with Gasteiger partial charge in [0, 0.05) is 30.3 Å². The molecule has 1 aliphatic heterocycles. The molecule has 0 aromatic heterocycles. The molecule has 3 aromatic rings. The third-order valence-electron chi connectivity index (χ3n) is 5.08. The summed E-state index contributed by atoms with van der Waals surface area (Å²) in [6.07, 6.45) is 0. The molecule has 4 rings (SSSR count). The van der Waals surface area contributed by atoms with Crippen LogP contribution in [0.1, 0.15) is 33.0 Å². The second-order valence-corrected chi connectivity index (χ2v) is 6.92. The molecular weight excluding hydrogens is 350 g/mol. The monoisotopic (exact) mass is 371 g/mol. The van der Waals surface area contributed by atoms with Gasteiger partial charge in [0.05, 0.1) is 0 Å². The predicted molar refractivity (Wildman–Crippen MR) is 109 cm³/mol. The number of fused-ring (bicyclic) bond motifs is 1. The molecule has 0 aliphatic carbocycles. The number of nitrogens with zero attached hydrogens (tertiary/aromatic N) is 1. The molecule has 0 saturated carbocycles. The first kappa shape index (κ1) is 17.8. The number of rotatable bonds is 3. The third kappa shape index (κ3) is 3.60. The largest absolute Gasteiger partial charge is 0.366 e. The molecule has 1 heterocycles. The van der Waals surface area contributed by atoms with E-state index in [1.165, 1.54) is 11.1 Å². The molecule has 3 aromatic carbocycles. The van der Waals surface area contributed by atoms with E-state index in [9.17, 15) is 9.59 Å². The van der Waals surface area contributed by atoms with Gasteiger partial charge in [0.2, 0.25) is 5.91 Å². The molecule has 0 bridgehead atoms. The highest BCUT2D eigenvalue weighted by Crippen LogP contribution is 2.33. The maximum absolute atomic E-state index is 12.9. The molecule has 3 N–H and O–H groups in total. The summed E-state index contributed by atoms with van der Waals surface area (Å²) in [7, 11) is 0. The zero-order valence-corrected chi connectivity index (χ0v) is 15.3. The summed E-state index contributed by atoms with van der Waals surface area (Å²) in [4.78, 5) is 26.1. The number of benzene rings is 3. The van der Waals surface area contributed by atoms with Crippen molar-refractivity contribution < 1.29 is 9.59 Å². The van der Waals surface area contributed by atoms with Gasteiger partial charge in [-0.1, -0.05) is 60.7 Å². The summed E-state index contributed by atoms with van der Waals surface area (Å²) in [6, 6.07) is 24.9. The molecule has 0 fully saturated rings. The number of anilines is 1. The van der Waals surface area contributed by atoms with Gasteiger partial charge in [-0.3, -0.25) is 4.79 Å². The van der Waals surface area contributed by atoms with Crippen molar-refractivity contribution >= 4 is 17.6 Å². The lowest BCUT2D eigenvalue weighted by atomic mass is 9.85. The Balaban J connectivity index is 1.59. The van der Waals surface area contributed by atoms with Gasteiger partial charge in [-0.15, -0.1) is 0 Å². The summed E-state index contributed by atoms with van der Waals surface area (Å²) in [6.45, 7) is 1.13. The Morgan fingerprint density at radius 1 is 0.929 bits per heavy atom. The number of hydrogen-bond acceptors (Lipinski definition) is 2. The van der Waals surface area contributed by atoms with Crippen LogP contribution >= 0.6 is 0 Å². The summed E-state index contributed by atoms with van der Waals surface area (Å²) >= 11 is 0. The van der Waals surface area contributed by atoms with Crippen LogP contribution in [-0.2, 0) is 6.54 Å². The maximum Gasteiger partial charge on any atom is 0.322 e. The molecule has 28 heavy (non-hydrogen) atoms. The van der Waals surface area contributed by atoms with Gasteiger partial charge in [-0.25, -0.2) is 4.79 Å². The van der Waals surface area contributed by atoms with E-state index in [2.05, 4.69) is 29.6 Å². The normalized spacial score (nSPS) is 15.6. The van der Waals surface area contributed by atoms with Gasteiger partial charge >= 0.3 is 6.03 Å². The second kappa shape index (κ2) is 7.56. The van der Waals surface area contributed by atoms with Crippen molar-refractivity contribution in [3.05, 3.63) is 101 Å². The number of urea groups is 1. The standard InChI is InChI=1S/C23H21N3O2/c24-22(27)17-10-6-11-19(13-17)25-23(28)26-14-18-9-4-5-12-20(18)21(15-26)16-7-2-1-3-8-16/h1-13,21H,14-15H2,(H2,24,27)(H,25,28). The van der Waals surface area contributed by atoms with E-state index in [-0.39, 0.29) is 11.9 Å². The number of nitrogens with two attached hydrogens (primary N) is 1. The Kier molecular flexibility index (Phi) is 4.81. The number of amides is 3. The van der Waals surface area contributed by atoms with Crippen LogP contribution in [-0.4, -0.2) is 23.4 Å². The number of carbonyl (C=O) groups excluding carboxylic acids is 2. The van der Waals surface area contributed by atoms with E-state index in [0.717, 1.165) is 5.56 Å². The van der Waals surface area contributed by atoms with Crippen molar-refractivity contribution in [3.8, 4) is 0 Å². The van der Waals surface area contributed by atoms with Crippen LogP contribution < -0.4 is 11.1 Å². The molecular formula is C23H21N3O2. The fourth-order valence-corrected chi connectivity index (χ4v) is 3.68. The lowest BCUT2D eigenvalue weighted by molar-refractivity contribution is 0.1000. The van der Waals surface area contributed by atoms with Gasteiger partial charge in [0.25, 0.3) is 0 Å². The predicted octanol–water partition coefficient (Wildman–Crippen LogP) is 3.97. The van der Waals surface area contributed by atoms with Crippen LogP contribution in [0.4, 0.5) is 10.5 Å². The quantitative estimate of drug-likeness (QED) is 0.731. The smallest absolute Gasteiger partial charge is 0.322 e. The minimum Gasteiger partial charge on any atom is -0.366 e. The summed E-state index contributed by atoms with van der Waals surface area (Å²) < 4.78 is 0. The summed E-state index contributed by atoms with van der Waals surface area (Å²) in [5.41, 5.74) is 9.83. The van der Waals surface area contributed by atoms with Crippen LogP contribution in [0.5, 0.6) is 0 Å². The Morgan fingerprint density at radius 3 is 2.46 bits per heavy atom. The van der Waals surface area contributed by atoms with Crippen LogP contribution in [0.15, 0.2) is 78.9 Å². The van der Waals surface area contributed by atoms with Crippen LogP contribution in [0.2, 0.25) is 0 Å². The SMILES string of the molecule is NC(=O)c1cccc(NC(=O)N2Cc3ccccc3C(c3ccccc3)C2)c1. The second-order valence-electron chi connectivity index (χ2n) is 6.92. The third-order valence-corrected chi connectivity index (χ3v) is 5.08. The fourth-order valence-electron chi connectivity index (χ4n) is 3.68. The molecule has 5 nitrogen and oxygen atoms in total. The number of hydrogen-bond donors (Lipinski definition) is 2. The first-order valence-electron chi connectivity index (χ1n) is 9.20. The zero-order chi connectivity index (χ0) is 19.5. The van der Waals surface area contributed by atoms with Gasteiger partial charge in [0.1, 0.15) is 0 Å². The average Bonchev–Trinajstić information content (AvgIpc) is 2.73. The van der Waals surface area contributed by atoms with Crippen molar-refractivity contribution in [2.24, 2.45) is 5.73 Å². The minimum absolute atomic E-state index is 0.119. The van der Waals surface area contributed by atoms with Gasteiger partial charge in [-0.2, -0.15) is 0 Å². The molecule has 3 amide bonds. The fraction of sp³-hybridized carbons (Fsp3) is 0.130.